The first-order valence-corrected chi connectivity index (χ1v) is 13.6. The van der Waals surface area contributed by atoms with E-state index in [2.05, 4.69) is 41.4 Å². The molecule has 40 heavy (non-hydrogen) atoms. The molecule has 0 spiro atoms. The van der Waals surface area contributed by atoms with Crippen LogP contribution in [0.25, 0.3) is 0 Å². The van der Waals surface area contributed by atoms with Crippen molar-refractivity contribution in [1.82, 2.24) is 10.2 Å². The van der Waals surface area contributed by atoms with Crippen molar-refractivity contribution in [3.05, 3.63) is 76.9 Å². The molecule has 3 aromatic carbocycles. The number of nitrogens with zero attached hydrogens (tertiary/aromatic N) is 1. The van der Waals surface area contributed by atoms with Crippen molar-refractivity contribution in [2.75, 3.05) is 53.8 Å². The van der Waals surface area contributed by atoms with Gasteiger partial charge in [0, 0.05) is 38.3 Å². The van der Waals surface area contributed by atoms with Crippen LogP contribution in [0, 0.1) is 0 Å². The van der Waals surface area contributed by atoms with Crippen LogP contribution in [-0.4, -0.2) is 58.9 Å². The molecule has 0 aromatic heterocycles. The Hall–Kier alpha value is -3.91. The van der Waals surface area contributed by atoms with Gasteiger partial charge in [0.05, 0.1) is 28.4 Å². The highest BCUT2D eigenvalue weighted by Gasteiger charge is 2.25. The first-order chi connectivity index (χ1) is 19.3. The topological polar surface area (TPSA) is 95.3 Å². The zero-order valence-corrected chi connectivity index (χ0v) is 24.6. The summed E-state index contributed by atoms with van der Waals surface area (Å²) in [6.07, 6.45) is 2.86. The second-order valence-corrected chi connectivity index (χ2v) is 9.78. The lowest BCUT2D eigenvalue weighted by Crippen LogP contribution is -2.35. The Labute approximate surface area is 238 Å². The van der Waals surface area contributed by atoms with Gasteiger partial charge in [0.1, 0.15) is 0 Å². The molecule has 0 fully saturated rings. The molecule has 0 bridgehead atoms. The van der Waals surface area contributed by atoms with Crippen LogP contribution in [-0.2, 0) is 24.1 Å². The predicted molar refractivity (Wildman–Crippen MR) is 160 cm³/mol. The number of benzene rings is 3. The normalized spacial score (nSPS) is 14.3. The van der Waals surface area contributed by atoms with Crippen LogP contribution in [0.5, 0.6) is 23.0 Å². The Balaban J connectivity index is 0.000000241. The molecular weight excluding hydrogens is 506 g/mol. The van der Waals surface area contributed by atoms with E-state index < -0.39 is 0 Å². The first-order valence-electron chi connectivity index (χ1n) is 13.6. The fourth-order valence-electron chi connectivity index (χ4n) is 4.88. The van der Waals surface area contributed by atoms with Gasteiger partial charge in [0.2, 0.25) is 5.91 Å². The number of amides is 1. The third-order valence-corrected chi connectivity index (χ3v) is 7.21. The maximum absolute atomic E-state index is 10.7. The smallest absolute Gasteiger partial charge is 0.216 e. The van der Waals surface area contributed by atoms with Gasteiger partial charge in [-0.1, -0.05) is 18.2 Å². The standard InChI is InChI=1S/C20H26N2O2.C12H17NO3/c1-14-18-13-20(24-3)19(23-2)12-16(18)9-11-22(14)10-8-15-4-6-17(21)7-5-15;1-9(14)13-7-6-10-4-5-11(15-2)12(8-10)16-3/h4-7,12-14H,8-11,21H2,1-3H3;4-5,8H,6-7H2,1-3H3,(H,13,14). The quantitative estimate of drug-likeness (QED) is 0.350. The molecule has 8 heteroatoms. The number of ether oxygens (including phenoxy) is 4. The first kappa shape index (κ1) is 30.6. The summed E-state index contributed by atoms with van der Waals surface area (Å²) < 4.78 is 21.2. The largest absolute Gasteiger partial charge is 0.493 e. The van der Waals surface area contributed by atoms with Crippen LogP contribution >= 0.6 is 0 Å². The van der Waals surface area contributed by atoms with Crippen molar-refractivity contribution in [2.24, 2.45) is 0 Å². The molecule has 0 aliphatic carbocycles. The van der Waals surface area contributed by atoms with Crippen molar-refractivity contribution in [2.45, 2.75) is 39.2 Å². The van der Waals surface area contributed by atoms with Crippen LogP contribution in [0.1, 0.15) is 42.1 Å². The van der Waals surface area contributed by atoms with Gasteiger partial charge in [-0.3, -0.25) is 9.69 Å². The molecule has 1 unspecified atom stereocenters. The molecule has 0 radical (unpaired) electrons. The maximum Gasteiger partial charge on any atom is 0.216 e. The van der Waals surface area contributed by atoms with E-state index in [1.807, 2.05) is 30.3 Å². The van der Waals surface area contributed by atoms with Gasteiger partial charge in [-0.15, -0.1) is 0 Å². The van der Waals surface area contributed by atoms with E-state index in [1.165, 1.54) is 23.6 Å². The van der Waals surface area contributed by atoms with E-state index in [0.29, 0.717) is 24.1 Å². The van der Waals surface area contributed by atoms with Crippen molar-refractivity contribution in [3.63, 3.8) is 0 Å². The number of fused-ring (bicyclic) bond motifs is 1. The minimum atomic E-state index is -0.0134. The molecule has 1 heterocycles. The van der Waals surface area contributed by atoms with Gasteiger partial charge in [0.15, 0.2) is 23.0 Å². The molecule has 1 atom stereocenters. The second-order valence-electron chi connectivity index (χ2n) is 9.78. The number of carbonyl (C=O) groups excluding carboxylic acids is 1. The van der Waals surface area contributed by atoms with Crippen molar-refractivity contribution >= 4 is 11.6 Å². The van der Waals surface area contributed by atoms with E-state index in [4.69, 9.17) is 24.7 Å². The van der Waals surface area contributed by atoms with Crippen LogP contribution < -0.4 is 30.0 Å². The molecule has 1 aliphatic rings. The van der Waals surface area contributed by atoms with Gasteiger partial charge in [-0.25, -0.2) is 0 Å². The summed E-state index contributed by atoms with van der Waals surface area (Å²) >= 11 is 0. The monoisotopic (exact) mass is 549 g/mol. The number of nitrogen functional groups attached to an aromatic ring is 1. The third-order valence-electron chi connectivity index (χ3n) is 7.21. The molecule has 3 aromatic rings. The Kier molecular flexibility index (Phi) is 11.5. The Morgan fingerprint density at radius 2 is 1.45 bits per heavy atom. The molecular formula is C32H43N3O5. The minimum Gasteiger partial charge on any atom is -0.493 e. The SMILES string of the molecule is COc1cc2c(cc1OC)C(C)N(CCc1ccc(N)cc1)CC2.COc1ccc(CCNC(C)=O)cc1OC. The van der Waals surface area contributed by atoms with Gasteiger partial charge < -0.3 is 30.0 Å². The summed E-state index contributed by atoms with van der Waals surface area (Å²) in [4.78, 5) is 13.2. The van der Waals surface area contributed by atoms with Crippen molar-refractivity contribution < 1.29 is 23.7 Å². The number of anilines is 1. The molecule has 1 aliphatic heterocycles. The Morgan fingerprint density at radius 3 is 2.08 bits per heavy atom. The van der Waals surface area contributed by atoms with Crippen LogP contribution in [0.3, 0.4) is 0 Å². The number of methoxy groups -OCH3 is 4. The Bertz CT molecular complexity index is 1250. The number of nitrogens with two attached hydrogens (primary N) is 1. The minimum absolute atomic E-state index is 0.0134. The maximum atomic E-state index is 10.7. The molecule has 8 nitrogen and oxygen atoms in total. The van der Waals surface area contributed by atoms with Gasteiger partial charge in [-0.2, -0.15) is 0 Å². The van der Waals surface area contributed by atoms with Crippen LogP contribution in [0.15, 0.2) is 54.6 Å². The van der Waals surface area contributed by atoms with Crippen molar-refractivity contribution in [3.8, 4) is 23.0 Å². The number of carbonyl (C=O) groups is 1. The molecule has 1 amide bonds. The highest BCUT2D eigenvalue weighted by atomic mass is 16.5. The van der Waals surface area contributed by atoms with Gasteiger partial charge >= 0.3 is 0 Å². The van der Waals surface area contributed by atoms with Crippen molar-refractivity contribution in [1.29, 1.82) is 0 Å². The second kappa shape index (κ2) is 15.0. The Morgan fingerprint density at radius 1 is 0.850 bits per heavy atom. The van der Waals surface area contributed by atoms with Crippen LogP contribution in [0.4, 0.5) is 5.69 Å². The van der Waals surface area contributed by atoms with E-state index in [0.717, 1.165) is 55.1 Å². The molecule has 0 saturated heterocycles. The van der Waals surface area contributed by atoms with E-state index >= 15 is 0 Å². The number of hydrogen-bond donors (Lipinski definition) is 2. The highest BCUT2D eigenvalue weighted by molar-refractivity contribution is 5.72. The lowest BCUT2D eigenvalue weighted by Gasteiger charge is -2.35. The zero-order chi connectivity index (χ0) is 29.1. The highest BCUT2D eigenvalue weighted by Crippen LogP contribution is 2.37. The summed E-state index contributed by atoms with van der Waals surface area (Å²) in [5.41, 5.74) is 11.7. The third kappa shape index (κ3) is 8.29. The van der Waals surface area contributed by atoms with Gasteiger partial charge in [0.25, 0.3) is 0 Å². The summed E-state index contributed by atoms with van der Waals surface area (Å²) in [7, 11) is 6.59. The predicted octanol–water partition coefficient (Wildman–Crippen LogP) is 4.83. The summed E-state index contributed by atoms with van der Waals surface area (Å²) in [5.74, 6) is 3.04. The summed E-state index contributed by atoms with van der Waals surface area (Å²) in [5, 5.41) is 2.75. The average Bonchev–Trinajstić information content (AvgIpc) is 2.97. The molecule has 216 valence electrons. The lowest BCUT2D eigenvalue weighted by molar-refractivity contribution is -0.118. The number of hydrogen-bond acceptors (Lipinski definition) is 7. The summed E-state index contributed by atoms with van der Waals surface area (Å²) in [6.45, 7) is 6.52. The fraction of sp³-hybridized carbons (Fsp3) is 0.406. The van der Waals surface area contributed by atoms with E-state index in [9.17, 15) is 4.79 Å². The average molecular weight is 550 g/mol. The fourth-order valence-corrected chi connectivity index (χ4v) is 4.88. The number of nitrogens with one attached hydrogen (secondary N) is 1. The number of rotatable bonds is 10. The zero-order valence-electron chi connectivity index (χ0n) is 24.6. The van der Waals surface area contributed by atoms with Crippen LogP contribution in [0.2, 0.25) is 0 Å². The lowest BCUT2D eigenvalue weighted by atomic mass is 9.92. The van der Waals surface area contributed by atoms with E-state index in [-0.39, 0.29) is 5.91 Å². The van der Waals surface area contributed by atoms with E-state index in [1.54, 1.807) is 28.4 Å². The van der Waals surface area contributed by atoms with Gasteiger partial charge in [-0.05, 0) is 84.8 Å². The molecule has 0 saturated carbocycles. The molecule has 3 N–H and O–H groups in total. The molecule has 4 rings (SSSR count). The summed E-state index contributed by atoms with van der Waals surface area (Å²) in [6, 6.07) is 18.6.